The van der Waals surface area contributed by atoms with E-state index in [1.807, 2.05) is 49.4 Å². The standard InChI is InChI=1S/C20H19N/c1-5-9-16(10-6-2)19-14-13-17-12-11-15(7-3)18(8-4)20(17)21-19/h5-14H,1,3-4H2,2H3/b10-6-,16-9+. The van der Waals surface area contributed by atoms with E-state index in [1.54, 1.807) is 6.08 Å². The molecule has 0 spiro atoms. The lowest BCUT2D eigenvalue weighted by Crippen LogP contribution is -1.92. The second-order valence-electron chi connectivity index (χ2n) is 4.60. The zero-order valence-electron chi connectivity index (χ0n) is 12.3. The maximum absolute atomic E-state index is 4.81. The van der Waals surface area contributed by atoms with Crippen LogP contribution < -0.4 is 0 Å². The lowest BCUT2D eigenvalue weighted by atomic mass is 10.0. The van der Waals surface area contributed by atoms with Crippen molar-refractivity contribution < 1.29 is 0 Å². The predicted octanol–water partition coefficient (Wildman–Crippen LogP) is 5.67. The van der Waals surface area contributed by atoms with Gasteiger partial charge in [0.15, 0.2) is 0 Å². The van der Waals surface area contributed by atoms with Gasteiger partial charge in [0.05, 0.1) is 11.2 Å². The minimum absolute atomic E-state index is 0.921. The van der Waals surface area contributed by atoms with Crippen LogP contribution in [0.25, 0.3) is 28.6 Å². The first kappa shape index (κ1) is 14.7. The van der Waals surface area contributed by atoms with Gasteiger partial charge in [-0.25, -0.2) is 4.98 Å². The molecule has 0 aliphatic carbocycles. The van der Waals surface area contributed by atoms with Gasteiger partial charge in [-0.2, -0.15) is 0 Å². The first-order chi connectivity index (χ1) is 10.2. The second kappa shape index (κ2) is 6.67. The Kier molecular flexibility index (Phi) is 4.68. The number of fused-ring (bicyclic) bond motifs is 1. The molecular weight excluding hydrogens is 254 g/mol. The molecule has 1 aromatic heterocycles. The quantitative estimate of drug-likeness (QED) is 0.640. The molecule has 1 nitrogen and oxygen atoms in total. The van der Waals surface area contributed by atoms with Crippen molar-refractivity contribution in [2.75, 3.05) is 0 Å². The molecule has 1 aromatic carbocycles. The summed E-state index contributed by atoms with van der Waals surface area (Å²) in [6, 6.07) is 8.21. The van der Waals surface area contributed by atoms with Gasteiger partial charge in [-0.3, -0.25) is 0 Å². The third kappa shape index (κ3) is 2.92. The largest absolute Gasteiger partial charge is 0.247 e. The Balaban J connectivity index is 2.74. The smallest absolute Gasteiger partial charge is 0.0787 e. The van der Waals surface area contributed by atoms with Crippen LogP contribution in [0.15, 0.2) is 68.3 Å². The van der Waals surface area contributed by atoms with Crippen molar-refractivity contribution in [2.45, 2.75) is 6.92 Å². The summed E-state index contributed by atoms with van der Waals surface area (Å²) in [6.07, 6.45) is 11.4. The molecule has 0 unspecified atom stereocenters. The zero-order chi connectivity index (χ0) is 15.2. The number of pyridine rings is 1. The second-order valence-corrected chi connectivity index (χ2v) is 4.60. The summed E-state index contributed by atoms with van der Waals surface area (Å²) < 4.78 is 0. The average molecular weight is 273 g/mol. The monoisotopic (exact) mass is 273 g/mol. The van der Waals surface area contributed by atoms with Gasteiger partial charge in [-0.15, -0.1) is 0 Å². The Morgan fingerprint density at radius 1 is 1.05 bits per heavy atom. The molecule has 0 aliphatic heterocycles. The van der Waals surface area contributed by atoms with Crippen LogP contribution >= 0.6 is 0 Å². The Labute approximate surface area is 126 Å². The Hall–Kier alpha value is -2.67. The van der Waals surface area contributed by atoms with E-state index in [1.165, 1.54) is 0 Å². The van der Waals surface area contributed by atoms with Gasteiger partial charge in [-0.1, -0.05) is 74.4 Å². The number of benzene rings is 1. The summed E-state index contributed by atoms with van der Waals surface area (Å²) in [5.74, 6) is 0. The fourth-order valence-corrected chi connectivity index (χ4v) is 2.31. The first-order valence-electron chi connectivity index (χ1n) is 6.89. The van der Waals surface area contributed by atoms with Crippen molar-refractivity contribution in [3.8, 4) is 0 Å². The van der Waals surface area contributed by atoms with Crippen molar-refractivity contribution in [3.63, 3.8) is 0 Å². The normalized spacial score (nSPS) is 11.8. The number of hydrogen-bond donors (Lipinski definition) is 0. The molecule has 1 heteroatoms. The molecule has 104 valence electrons. The van der Waals surface area contributed by atoms with Crippen LogP contribution in [0.2, 0.25) is 0 Å². The van der Waals surface area contributed by atoms with E-state index in [9.17, 15) is 0 Å². The summed E-state index contributed by atoms with van der Waals surface area (Å²) in [5, 5.41) is 1.10. The number of nitrogens with zero attached hydrogens (tertiary/aromatic N) is 1. The Bertz CT molecular complexity index is 761. The molecule has 2 rings (SSSR count). The molecule has 0 N–H and O–H groups in total. The highest BCUT2D eigenvalue weighted by molar-refractivity contribution is 5.92. The average Bonchev–Trinajstić information content (AvgIpc) is 2.52. The van der Waals surface area contributed by atoms with E-state index in [2.05, 4.69) is 31.9 Å². The highest BCUT2D eigenvalue weighted by atomic mass is 14.7. The van der Waals surface area contributed by atoms with Crippen LogP contribution in [0.5, 0.6) is 0 Å². The Morgan fingerprint density at radius 2 is 1.81 bits per heavy atom. The van der Waals surface area contributed by atoms with Crippen LogP contribution in [0.4, 0.5) is 0 Å². The molecule has 0 bridgehead atoms. The molecule has 1 heterocycles. The molecule has 0 saturated carbocycles. The van der Waals surface area contributed by atoms with Gasteiger partial charge >= 0.3 is 0 Å². The van der Waals surface area contributed by atoms with Crippen LogP contribution in [0.3, 0.4) is 0 Å². The summed E-state index contributed by atoms with van der Waals surface area (Å²) in [7, 11) is 0. The molecule has 0 saturated heterocycles. The fraction of sp³-hybridized carbons (Fsp3) is 0.0500. The number of aromatic nitrogens is 1. The number of hydrogen-bond acceptors (Lipinski definition) is 1. The van der Waals surface area contributed by atoms with Gasteiger partial charge in [0.2, 0.25) is 0 Å². The van der Waals surface area contributed by atoms with Crippen molar-refractivity contribution in [1.29, 1.82) is 0 Å². The molecular formula is C20H19N. The van der Waals surface area contributed by atoms with E-state index in [4.69, 9.17) is 4.98 Å². The van der Waals surface area contributed by atoms with E-state index in [0.717, 1.165) is 33.3 Å². The lowest BCUT2D eigenvalue weighted by molar-refractivity contribution is 1.34. The number of allylic oxidation sites excluding steroid dienone is 5. The SMILES string of the molecule is C=C/C=C(\C=C/C)c1ccc2ccc(C=C)c(C=C)c2n1. The fourth-order valence-electron chi connectivity index (χ4n) is 2.31. The molecule has 2 aromatic rings. The third-order valence-electron chi connectivity index (χ3n) is 3.30. The minimum Gasteiger partial charge on any atom is -0.247 e. The molecule has 21 heavy (non-hydrogen) atoms. The van der Waals surface area contributed by atoms with Crippen LogP contribution in [-0.4, -0.2) is 4.98 Å². The molecule has 0 fully saturated rings. The summed E-state index contributed by atoms with van der Waals surface area (Å²) in [6.45, 7) is 13.5. The van der Waals surface area contributed by atoms with Crippen LogP contribution in [0, 0.1) is 0 Å². The van der Waals surface area contributed by atoms with Crippen LogP contribution in [0.1, 0.15) is 23.7 Å². The maximum Gasteiger partial charge on any atom is 0.0787 e. The van der Waals surface area contributed by atoms with Crippen molar-refractivity contribution in [3.05, 3.63) is 85.1 Å². The summed E-state index contributed by atoms with van der Waals surface area (Å²) in [5.41, 5.74) is 4.96. The van der Waals surface area contributed by atoms with Gasteiger partial charge in [-0.05, 0) is 24.1 Å². The minimum atomic E-state index is 0.921. The lowest BCUT2D eigenvalue weighted by Gasteiger charge is -2.09. The highest BCUT2D eigenvalue weighted by Gasteiger charge is 2.07. The summed E-state index contributed by atoms with van der Waals surface area (Å²) in [4.78, 5) is 4.81. The third-order valence-corrected chi connectivity index (χ3v) is 3.30. The van der Waals surface area contributed by atoms with Gasteiger partial charge < -0.3 is 0 Å². The molecule has 0 amide bonds. The molecule has 0 aliphatic rings. The first-order valence-corrected chi connectivity index (χ1v) is 6.89. The van der Waals surface area contributed by atoms with Crippen LogP contribution in [-0.2, 0) is 0 Å². The van der Waals surface area contributed by atoms with E-state index < -0.39 is 0 Å². The van der Waals surface area contributed by atoms with Gasteiger partial charge in [0, 0.05) is 10.9 Å². The summed E-state index contributed by atoms with van der Waals surface area (Å²) >= 11 is 0. The highest BCUT2D eigenvalue weighted by Crippen LogP contribution is 2.25. The van der Waals surface area contributed by atoms with E-state index in [-0.39, 0.29) is 0 Å². The van der Waals surface area contributed by atoms with Gasteiger partial charge in [0.25, 0.3) is 0 Å². The van der Waals surface area contributed by atoms with Crippen molar-refractivity contribution in [1.82, 2.24) is 4.98 Å². The van der Waals surface area contributed by atoms with E-state index in [0.29, 0.717) is 0 Å². The van der Waals surface area contributed by atoms with Gasteiger partial charge in [0.1, 0.15) is 0 Å². The zero-order valence-corrected chi connectivity index (χ0v) is 12.3. The molecule has 0 radical (unpaired) electrons. The number of rotatable bonds is 5. The predicted molar refractivity (Wildman–Crippen MR) is 94.9 cm³/mol. The maximum atomic E-state index is 4.81. The van der Waals surface area contributed by atoms with E-state index >= 15 is 0 Å². The van der Waals surface area contributed by atoms with Crippen molar-refractivity contribution >= 4 is 28.6 Å². The van der Waals surface area contributed by atoms with Crippen molar-refractivity contribution in [2.24, 2.45) is 0 Å². The molecule has 0 atom stereocenters. The Morgan fingerprint density at radius 3 is 2.43 bits per heavy atom. The topological polar surface area (TPSA) is 12.9 Å².